The van der Waals surface area contributed by atoms with Crippen molar-refractivity contribution in [2.75, 3.05) is 5.32 Å². The monoisotopic (exact) mass is 358 g/mol. The smallest absolute Gasteiger partial charge is 0.178 e. The van der Waals surface area contributed by atoms with Gasteiger partial charge < -0.3 is 5.32 Å². The maximum Gasteiger partial charge on any atom is 0.178 e. The van der Waals surface area contributed by atoms with Crippen LogP contribution in [0.2, 0.25) is 0 Å². The van der Waals surface area contributed by atoms with E-state index in [0.717, 1.165) is 22.3 Å². The first kappa shape index (κ1) is 15.3. The zero-order valence-corrected chi connectivity index (χ0v) is 14.3. The molecule has 5 aromatic heterocycles. The van der Waals surface area contributed by atoms with Crippen molar-refractivity contribution in [3.63, 3.8) is 0 Å². The highest BCUT2D eigenvalue weighted by molar-refractivity contribution is 5.87. The summed E-state index contributed by atoms with van der Waals surface area (Å²) >= 11 is 0. The van der Waals surface area contributed by atoms with E-state index in [4.69, 9.17) is 0 Å². The summed E-state index contributed by atoms with van der Waals surface area (Å²) < 4.78 is 1.69. The van der Waals surface area contributed by atoms with Crippen molar-refractivity contribution in [2.24, 2.45) is 0 Å². The maximum atomic E-state index is 4.57. The second-order valence-corrected chi connectivity index (χ2v) is 6.05. The Hall–Kier alpha value is -3.95. The average molecular weight is 358 g/mol. The summed E-state index contributed by atoms with van der Waals surface area (Å²) in [6, 6.07) is 7.58. The van der Waals surface area contributed by atoms with Crippen LogP contribution in [-0.4, -0.2) is 45.2 Å². The second-order valence-electron chi connectivity index (χ2n) is 6.05. The standard InChI is InChI=1S/C17H14N10/c1-10-6-13-17(20-7-10)12(4-5-18-13)19-9-16-24-23-15-3-2-11(25-27(15)16)14-8-21-26-22-14/h2-8H,9H2,1H3,(H,18,19)(H,21,22,26). The van der Waals surface area contributed by atoms with Crippen molar-refractivity contribution in [3.05, 3.63) is 54.2 Å². The zero-order chi connectivity index (χ0) is 18.2. The molecule has 0 saturated carbocycles. The number of aromatic nitrogens is 9. The van der Waals surface area contributed by atoms with Crippen LogP contribution in [0.15, 0.2) is 42.9 Å². The van der Waals surface area contributed by atoms with Gasteiger partial charge in [0.25, 0.3) is 0 Å². The van der Waals surface area contributed by atoms with Gasteiger partial charge in [-0.1, -0.05) is 0 Å². The van der Waals surface area contributed by atoms with Gasteiger partial charge in [-0.15, -0.1) is 10.2 Å². The molecule has 10 nitrogen and oxygen atoms in total. The first-order valence-corrected chi connectivity index (χ1v) is 8.31. The molecule has 0 aromatic carbocycles. The number of aryl methyl sites for hydroxylation is 1. The Morgan fingerprint density at radius 2 is 2.04 bits per heavy atom. The fraction of sp³-hybridized carbons (Fsp3) is 0.118. The summed E-state index contributed by atoms with van der Waals surface area (Å²) in [6.45, 7) is 2.43. The highest BCUT2D eigenvalue weighted by Crippen LogP contribution is 2.20. The molecule has 132 valence electrons. The fourth-order valence-corrected chi connectivity index (χ4v) is 2.85. The second kappa shape index (κ2) is 6.09. The molecule has 5 heterocycles. The Kier molecular flexibility index (Phi) is 3.46. The largest absolute Gasteiger partial charge is 0.376 e. The molecule has 27 heavy (non-hydrogen) atoms. The normalized spacial score (nSPS) is 11.3. The molecule has 5 aromatic rings. The van der Waals surface area contributed by atoms with Crippen LogP contribution in [0, 0.1) is 6.92 Å². The molecule has 0 amide bonds. The van der Waals surface area contributed by atoms with E-state index >= 15 is 0 Å². The molecule has 0 saturated heterocycles. The third-order valence-electron chi connectivity index (χ3n) is 4.16. The SMILES string of the molecule is Cc1cnc2c(NCc3nnc4ccc(-c5cn[nH]n5)nn34)ccnc2c1. The summed E-state index contributed by atoms with van der Waals surface area (Å²) in [5, 5.41) is 26.8. The minimum Gasteiger partial charge on any atom is -0.376 e. The minimum absolute atomic E-state index is 0.436. The first-order valence-electron chi connectivity index (χ1n) is 8.31. The molecule has 0 radical (unpaired) electrons. The van der Waals surface area contributed by atoms with Gasteiger partial charge >= 0.3 is 0 Å². The van der Waals surface area contributed by atoms with Crippen molar-refractivity contribution in [2.45, 2.75) is 13.5 Å². The van der Waals surface area contributed by atoms with Crippen LogP contribution in [-0.2, 0) is 6.54 Å². The van der Waals surface area contributed by atoms with Crippen molar-refractivity contribution in [1.29, 1.82) is 0 Å². The van der Waals surface area contributed by atoms with E-state index in [1.54, 1.807) is 16.9 Å². The highest BCUT2D eigenvalue weighted by Gasteiger charge is 2.11. The van der Waals surface area contributed by atoms with Crippen LogP contribution in [0.4, 0.5) is 5.69 Å². The van der Waals surface area contributed by atoms with Crippen LogP contribution in [0.25, 0.3) is 28.1 Å². The number of nitrogens with zero attached hydrogens (tertiary/aromatic N) is 8. The van der Waals surface area contributed by atoms with E-state index in [1.807, 2.05) is 37.4 Å². The molecule has 5 rings (SSSR count). The van der Waals surface area contributed by atoms with E-state index in [0.29, 0.717) is 29.4 Å². The zero-order valence-electron chi connectivity index (χ0n) is 14.3. The molecule has 0 fully saturated rings. The summed E-state index contributed by atoms with van der Waals surface area (Å²) in [7, 11) is 0. The van der Waals surface area contributed by atoms with E-state index in [1.165, 1.54) is 0 Å². The number of aromatic amines is 1. The molecule has 10 heteroatoms. The summed E-state index contributed by atoms with van der Waals surface area (Å²) in [5.74, 6) is 0.674. The van der Waals surface area contributed by atoms with Crippen LogP contribution < -0.4 is 5.32 Å². The van der Waals surface area contributed by atoms with Crippen molar-refractivity contribution >= 4 is 22.4 Å². The van der Waals surface area contributed by atoms with E-state index < -0.39 is 0 Å². The summed E-state index contributed by atoms with van der Waals surface area (Å²) in [4.78, 5) is 8.86. The number of hydrogen-bond donors (Lipinski definition) is 2. The van der Waals surface area contributed by atoms with Gasteiger partial charge in [0.15, 0.2) is 11.5 Å². The Bertz CT molecular complexity index is 1240. The lowest BCUT2D eigenvalue weighted by atomic mass is 10.2. The Morgan fingerprint density at radius 3 is 2.93 bits per heavy atom. The van der Waals surface area contributed by atoms with E-state index in [9.17, 15) is 0 Å². The molecular formula is C17H14N10. The number of fused-ring (bicyclic) bond motifs is 2. The average Bonchev–Trinajstić information content (AvgIpc) is 3.35. The van der Waals surface area contributed by atoms with Gasteiger partial charge in [0.1, 0.15) is 16.9 Å². The maximum absolute atomic E-state index is 4.57. The third kappa shape index (κ3) is 2.72. The van der Waals surface area contributed by atoms with Gasteiger partial charge in [-0.25, -0.2) is 0 Å². The number of pyridine rings is 2. The van der Waals surface area contributed by atoms with Gasteiger partial charge in [-0.2, -0.15) is 25.0 Å². The molecule has 0 aliphatic heterocycles. The van der Waals surface area contributed by atoms with Crippen LogP contribution >= 0.6 is 0 Å². The summed E-state index contributed by atoms with van der Waals surface area (Å²) in [6.07, 6.45) is 5.20. The number of rotatable bonds is 4. The number of H-pyrrole nitrogens is 1. The Balaban J connectivity index is 1.48. The quantitative estimate of drug-likeness (QED) is 0.498. The van der Waals surface area contributed by atoms with E-state index in [-0.39, 0.29) is 0 Å². The molecule has 0 aliphatic carbocycles. The lowest BCUT2D eigenvalue weighted by molar-refractivity contribution is 0.830. The van der Waals surface area contributed by atoms with Gasteiger partial charge in [0.05, 0.1) is 23.9 Å². The molecule has 0 bridgehead atoms. The molecule has 0 unspecified atom stereocenters. The predicted octanol–water partition coefficient (Wildman–Crippen LogP) is 1.77. The number of hydrogen-bond acceptors (Lipinski definition) is 8. The molecule has 0 spiro atoms. The lowest BCUT2D eigenvalue weighted by Gasteiger charge is -2.08. The summed E-state index contributed by atoms with van der Waals surface area (Å²) in [5.41, 5.74) is 5.61. The molecule has 0 aliphatic rings. The van der Waals surface area contributed by atoms with Gasteiger partial charge in [-0.3, -0.25) is 9.97 Å². The van der Waals surface area contributed by atoms with Crippen molar-refractivity contribution < 1.29 is 0 Å². The third-order valence-corrected chi connectivity index (χ3v) is 4.16. The highest BCUT2D eigenvalue weighted by atomic mass is 15.4. The minimum atomic E-state index is 0.436. The number of nitrogens with one attached hydrogen (secondary N) is 2. The van der Waals surface area contributed by atoms with Crippen molar-refractivity contribution in [1.82, 2.24) is 45.2 Å². The predicted molar refractivity (Wildman–Crippen MR) is 97.8 cm³/mol. The van der Waals surface area contributed by atoms with Crippen molar-refractivity contribution in [3.8, 4) is 11.4 Å². The Morgan fingerprint density at radius 1 is 1.07 bits per heavy atom. The molecular weight excluding hydrogens is 344 g/mol. The molecule has 0 atom stereocenters. The van der Waals surface area contributed by atoms with Gasteiger partial charge in [0.2, 0.25) is 0 Å². The fourth-order valence-electron chi connectivity index (χ4n) is 2.85. The van der Waals surface area contributed by atoms with E-state index in [2.05, 4.69) is 46.0 Å². The lowest BCUT2D eigenvalue weighted by Crippen LogP contribution is -2.07. The number of anilines is 1. The van der Waals surface area contributed by atoms with Crippen LogP contribution in [0.3, 0.4) is 0 Å². The van der Waals surface area contributed by atoms with Gasteiger partial charge in [0, 0.05) is 12.4 Å². The Labute approximate surface area is 152 Å². The first-order chi connectivity index (χ1) is 13.3. The van der Waals surface area contributed by atoms with Crippen LogP contribution in [0.5, 0.6) is 0 Å². The van der Waals surface area contributed by atoms with Crippen LogP contribution in [0.1, 0.15) is 11.4 Å². The molecule has 2 N–H and O–H groups in total. The topological polar surface area (TPSA) is 122 Å². The van der Waals surface area contributed by atoms with Gasteiger partial charge in [-0.05, 0) is 36.8 Å².